The van der Waals surface area contributed by atoms with Gasteiger partial charge >= 0.3 is 5.97 Å². The number of carbonyl (C=O) groups excluding carboxylic acids is 2. The van der Waals surface area contributed by atoms with Crippen molar-refractivity contribution in [1.29, 1.82) is 0 Å². The van der Waals surface area contributed by atoms with Crippen LogP contribution in [-0.2, 0) is 19.1 Å². The van der Waals surface area contributed by atoms with E-state index in [4.69, 9.17) is 9.47 Å². The van der Waals surface area contributed by atoms with E-state index in [0.29, 0.717) is 51.6 Å². The van der Waals surface area contributed by atoms with Crippen molar-refractivity contribution in [1.82, 2.24) is 0 Å². The van der Waals surface area contributed by atoms with E-state index in [9.17, 15) is 9.59 Å². The number of ether oxygens (including phenoxy) is 2. The quantitative estimate of drug-likeness (QED) is 0.366. The molecule has 0 N–H and O–H groups in total. The molecule has 0 aromatic carbocycles. The van der Waals surface area contributed by atoms with Crippen LogP contribution in [0.15, 0.2) is 0 Å². The summed E-state index contributed by atoms with van der Waals surface area (Å²) in [5.41, 5.74) is 0.422. The zero-order valence-electron chi connectivity index (χ0n) is 24.2. The summed E-state index contributed by atoms with van der Waals surface area (Å²) in [6, 6.07) is 0. The average Bonchev–Trinajstić information content (AvgIpc) is 2.78. The lowest BCUT2D eigenvalue weighted by Gasteiger charge is -2.75. The van der Waals surface area contributed by atoms with Crippen molar-refractivity contribution in [2.45, 2.75) is 125 Å². The third-order valence-electron chi connectivity index (χ3n) is 14.6. The average molecular weight is 499 g/mol. The SMILES string of the molecule is CC(=O)O[C@@H]1CC[C@]2(C)[C@H](CC[C@]3(C)[C@@H]2CC[C@@H]2[C@@H]4[C@@H](C)[C@@]5(C)OC[C@@]4(CC[C@@]23C)CC5=O)C1(C)C. The number of fused-ring (bicyclic) bond motifs is 7. The number of Topliss-reactive ketones (excluding diaryl/α,β-unsaturated/α-hetero) is 1. The fraction of sp³-hybridized carbons (Fsp3) is 0.938. The number of hydrogen-bond donors (Lipinski definition) is 0. The molecule has 36 heavy (non-hydrogen) atoms. The minimum atomic E-state index is -0.578. The Bertz CT molecular complexity index is 987. The zero-order valence-corrected chi connectivity index (χ0v) is 24.2. The minimum absolute atomic E-state index is 0.0116. The number of ketones is 1. The molecule has 2 bridgehead atoms. The van der Waals surface area contributed by atoms with E-state index in [1.165, 1.54) is 38.5 Å². The highest BCUT2D eigenvalue weighted by molar-refractivity contribution is 5.89. The van der Waals surface area contributed by atoms with Gasteiger partial charge in [-0.1, -0.05) is 41.5 Å². The minimum Gasteiger partial charge on any atom is -0.462 e. The third-order valence-corrected chi connectivity index (χ3v) is 14.6. The van der Waals surface area contributed by atoms with E-state index in [2.05, 4.69) is 48.5 Å². The largest absolute Gasteiger partial charge is 0.462 e. The Kier molecular flexibility index (Phi) is 5.21. The van der Waals surface area contributed by atoms with E-state index < -0.39 is 5.60 Å². The molecule has 0 radical (unpaired) electrons. The number of esters is 1. The van der Waals surface area contributed by atoms with Crippen LogP contribution in [0, 0.1) is 56.7 Å². The highest BCUT2D eigenvalue weighted by atomic mass is 16.5. The number of hydrogen-bond acceptors (Lipinski definition) is 4. The maximum atomic E-state index is 13.2. The molecule has 5 saturated carbocycles. The molecule has 2 aliphatic heterocycles. The highest BCUT2D eigenvalue weighted by Crippen LogP contribution is 2.77. The van der Waals surface area contributed by atoms with Gasteiger partial charge in [0.25, 0.3) is 0 Å². The van der Waals surface area contributed by atoms with E-state index in [0.717, 1.165) is 25.9 Å². The molecular formula is C32H50O4. The maximum absolute atomic E-state index is 13.2. The Morgan fingerprint density at radius 2 is 1.61 bits per heavy atom. The number of carbonyl (C=O) groups is 2. The van der Waals surface area contributed by atoms with Gasteiger partial charge in [-0.2, -0.15) is 0 Å². The Hall–Kier alpha value is -0.900. The van der Waals surface area contributed by atoms with Gasteiger partial charge in [-0.15, -0.1) is 0 Å². The summed E-state index contributed by atoms with van der Waals surface area (Å²) in [6.07, 6.45) is 10.5. The molecule has 2 saturated heterocycles. The van der Waals surface area contributed by atoms with Crippen molar-refractivity contribution in [2.24, 2.45) is 56.7 Å². The first-order valence-corrected chi connectivity index (χ1v) is 15.0. The Balaban J connectivity index is 1.36. The molecular weight excluding hydrogens is 448 g/mol. The van der Waals surface area contributed by atoms with Crippen LogP contribution in [0.3, 0.4) is 0 Å². The molecule has 1 spiro atoms. The van der Waals surface area contributed by atoms with Crippen molar-refractivity contribution in [3.8, 4) is 0 Å². The van der Waals surface area contributed by atoms with Gasteiger partial charge in [-0.3, -0.25) is 9.59 Å². The highest BCUT2D eigenvalue weighted by Gasteiger charge is 2.73. The van der Waals surface area contributed by atoms with Gasteiger partial charge in [0.1, 0.15) is 11.7 Å². The molecule has 0 unspecified atom stereocenters. The van der Waals surface area contributed by atoms with Crippen LogP contribution >= 0.6 is 0 Å². The van der Waals surface area contributed by atoms with Crippen LogP contribution in [-0.4, -0.2) is 30.1 Å². The first-order chi connectivity index (χ1) is 16.7. The molecule has 0 aromatic heterocycles. The topological polar surface area (TPSA) is 52.6 Å². The number of rotatable bonds is 1. The molecule has 11 atom stereocenters. The Labute approximate surface area is 219 Å². The second-order valence-electron chi connectivity index (χ2n) is 15.8. The van der Waals surface area contributed by atoms with Crippen LogP contribution in [0.4, 0.5) is 0 Å². The summed E-state index contributed by atoms with van der Waals surface area (Å²) in [4.78, 5) is 25.1. The summed E-state index contributed by atoms with van der Waals surface area (Å²) in [6.45, 7) is 19.5. The molecule has 7 rings (SSSR count). The summed E-state index contributed by atoms with van der Waals surface area (Å²) in [5, 5.41) is 0. The summed E-state index contributed by atoms with van der Waals surface area (Å²) in [5.74, 6) is 3.13. The monoisotopic (exact) mass is 498 g/mol. The van der Waals surface area contributed by atoms with Gasteiger partial charge in [0.05, 0.1) is 6.61 Å². The summed E-state index contributed by atoms with van der Waals surface area (Å²) in [7, 11) is 0. The Morgan fingerprint density at radius 1 is 0.889 bits per heavy atom. The molecule has 7 aliphatic rings. The molecule has 7 fully saturated rings. The molecule has 5 aliphatic carbocycles. The van der Waals surface area contributed by atoms with Crippen LogP contribution in [0.2, 0.25) is 0 Å². The predicted octanol–water partition coefficient (Wildman–Crippen LogP) is 6.99. The van der Waals surface area contributed by atoms with E-state index in [1.54, 1.807) is 6.92 Å². The van der Waals surface area contributed by atoms with Crippen LogP contribution < -0.4 is 0 Å². The molecule has 0 aromatic rings. The normalized spacial score (nSPS) is 57.2. The third kappa shape index (κ3) is 2.81. The van der Waals surface area contributed by atoms with E-state index in [-0.39, 0.29) is 22.9 Å². The lowest BCUT2D eigenvalue weighted by atomic mass is 9.30. The van der Waals surface area contributed by atoms with Gasteiger partial charge in [0.15, 0.2) is 5.78 Å². The maximum Gasteiger partial charge on any atom is 0.302 e. The van der Waals surface area contributed by atoms with Gasteiger partial charge in [-0.25, -0.2) is 0 Å². The second kappa shape index (κ2) is 7.39. The van der Waals surface area contributed by atoms with Crippen LogP contribution in [0.5, 0.6) is 0 Å². The van der Waals surface area contributed by atoms with Crippen LogP contribution in [0.25, 0.3) is 0 Å². The fourth-order valence-corrected chi connectivity index (χ4v) is 12.4. The predicted molar refractivity (Wildman–Crippen MR) is 140 cm³/mol. The second-order valence-corrected chi connectivity index (χ2v) is 15.8. The first-order valence-electron chi connectivity index (χ1n) is 15.0. The standard InChI is InChI=1S/C32H50O4/c1-19-26-21-9-10-23-28(5)13-12-25(36-20(2)33)27(3,4)22(28)11-14-30(23,7)29(21,6)15-16-32(26)17-24(34)31(19,8)35-18-32/h19,21-23,25-26H,9-18H2,1-8H3/t19-,21-,22-,23-,25-,26+,28-,29+,30-,31-,32-/m1/s1. The summed E-state index contributed by atoms with van der Waals surface area (Å²) >= 11 is 0. The lowest BCUT2D eigenvalue weighted by molar-refractivity contribution is -0.294. The van der Waals surface area contributed by atoms with Crippen molar-refractivity contribution in [3.05, 3.63) is 0 Å². The zero-order chi connectivity index (χ0) is 26.1. The first kappa shape index (κ1) is 25.4. The molecule has 2 heterocycles. The molecule has 202 valence electrons. The van der Waals surface area contributed by atoms with Crippen molar-refractivity contribution in [3.63, 3.8) is 0 Å². The molecule has 4 nitrogen and oxygen atoms in total. The van der Waals surface area contributed by atoms with Crippen LogP contribution in [0.1, 0.15) is 113 Å². The van der Waals surface area contributed by atoms with Crippen molar-refractivity contribution >= 4 is 11.8 Å². The molecule has 4 heteroatoms. The van der Waals surface area contributed by atoms with Gasteiger partial charge in [-0.05, 0) is 104 Å². The molecule has 0 amide bonds. The van der Waals surface area contributed by atoms with Crippen molar-refractivity contribution in [2.75, 3.05) is 6.61 Å². The van der Waals surface area contributed by atoms with Gasteiger partial charge in [0, 0.05) is 24.2 Å². The van der Waals surface area contributed by atoms with E-state index in [1.807, 2.05) is 0 Å². The smallest absolute Gasteiger partial charge is 0.302 e. The Morgan fingerprint density at radius 3 is 2.28 bits per heavy atom. The van der Waals surface area contributed by atoms with E-state index >= 15 is 0 Å². The summed E-state index contributed by atoms with van der Waals surface area (Å²) < 4.78 is 12.3. The lowest BCUT2D eigenvalue weighted by Crippen LogP contribution is -2.72. The fourth-order valence-electron chi connectivity index (χ4n) is 12.4. The van der Waals surface area contributed by atoms with Gasteiger partial charge < -0.3 is 9.47 Å². The van der Waals surface area contributed by atoms with Gasteiger partial charge in [0.2, 0.25) is 0 Å². The van der Waals surface area contributed by atoms with Crippen molar-refractivity contribution < 1.29 is 19.1 Å².